The van der Waals surface area contributed by atoms with Crippen molar-refractivity contribution in [1.29, 1.82) is 0 Å². The minimum absolute atomic E-state index is 0.0615. The molecular formula is C23H20ClF4N3O3S2. The van der Waals surface area contributed by atoms with Crippen LogP contribution in [0.15, 0.2) is 34.5 Å². The molecule has 0 aliphatic carbocycles. The molecule has 1 aromatic heterocycles. The van der Waals surface area contributed by atoms with Crippen LogP contribution in [0.2, 0.25) is 5.02 Å². The number of aromatic nitrogens is 1. The van der Waals surface area contributed by atoms with Gasteiger partial charge in [-0.15, -0.1) is 11.3 Å². The molecule has 2 heterocycles. The highest BCUT2D eigenvalue weighted by Crippen LogP contribution is 2.36. The summed E-state index contributed by atoms with van der Waals surface area (Å²) < 4.78 is 80.1. The summed E-state index contributed by atoms with van der Waals surface area (Å²) in [6.07, 6.45) is -4.93. The van der Waals surface area contributed by atoms with E-state index >= 15 is 0 Å². The Kier molecular flexibility index (Phi) is 7.17. The number of benzene rings is 2. The van der Waals surface area contributed by atoms with Crippen molar-refractivity contribution >= 4 is 44.6 Å². The fourth-order valence-corrected chi connectivity index (χ4v) is 7.34. The molecule has 0 unspecified atom stereocenters. The van der Waals surface area contributed by atoms with Gasteiger partial charge in [0.05, 0.1) is 33.4 Å². The van der Waals surface area contributed by atoms with Gasteiger partial charge in [-0.25, -0.2) is 17.8 Å². The number of rotatable bonds is 5. The number of carbonyl (C=O) groups is 1. The number of amides is 1. The summed E-state index contributed by atoms with van der Waals surface area (Å²) in [6, 6.07) is 5.53. The molecule has 192 valence electrons. The zero-order valence-corrected chi connectivity index (χ0v) is 21.4. The third-order valence-electron chi connectivity index (χ3n) is 5.72. The first-order chi connectivity index (χ1) is 16.8. The maximum absolute atomic E-state index is 13.9. The molecule has 13 heteroatoms. The molecule has 0 saturated carbocycles. The van der Waals surface area contributed by atoms with Crippen molar-refractivity contribution in [1.82, 2.24) is 9.29 Å². The summed E-state index contributed by atoms with van der Waals surface area (Å²) in [5.74, 6) is -2.06. The number of hydrogen-bond donors (Lipinski definition) is 1. The van der Waals surface area contributed by atoms with Gasteiger partial charge in [-0.1, -0.05) is 23.7 Å². The summed E-state index contributed by atoms with van der Waals surface area (Å²) in [5, 5.41) is 3.53. The van der Waals surface area contributed by atoms with Crippen LogP contribution in [-0.4, -0.2) is 30.2 Å². The van der Waals surface area contributed by atoms with E-state index in [4.69, 9.17) is 11.6 Å². The highest BCUT2D eigenvalue weighted by atomic mass is 35.5. The maximum atomic E-state index is 13.9. The average Bonchev–Trinajstić information content (AvgIpc) is 3.13. The molecule has 1 aliphatic rings. The van der Waals surface area contributed by atoms with Gasteiger partial charge in [-0.05, 0) is 55.2 Å². The van der Waals surface area contributed by atoms with Crippen LogP contribution in [0, 0.1) is 19.7 Å². The fraction of sp³-hybridized carbons (Fsp3) is 0.304. The Balaban J connectivity index is 1.53. The monoisotopic (exact) mass is 561 g/mol. The van der Waals surface area contributed by atoms with Gasteiger partial charge < -0.3 is 5.32 Å². The predicted octanol–water partition coefficient (Wildman–Crippen LogP) is 5.50. The van der Waals surface area contributed by atoms with Crippen LogP contribution in [0.5, 0.6) is 0 Å². The van der Waals surface area contributed by atoms with E-state index in [2.05, 4.69) is 10.3 Å². The Morgan fingerprint density at radius 2 is 1.94 bits per heavy atom. The van der Waals surface area contributed by atoms with Crippen molar-refractivity contribution in [2.45, 2.75) is 43.6 Å². The van der Waals surface area contributed by atoms with Gasteiger partial charge in [-0.2, -0.15) is 17.5 Å². The minimum atomic E-state index is -4.83. The lowest BCUT2D eigenvalue weighted by molar-refractivity contribution is -0.140. The normalized spacial score (nSPS) is 14.5. The first-order valence-electron chi connectivity index (χ1n) is 10.7. The van der Waals surface area contributed by atoms with Gasteiger partial charge in [0.2, 0.25) is 5.91 Å². The van der Waals surface area contributed by atoms with E-state index < -0.39 is 33.5 Å². The van der Waals surface area contributed by atoms with Gasteiger partial charge in [0.25, 0.3) is 10.0 Å². The molecule has 0 saturated heterocycles. The summed E-state index contributed by atoms with van der Waals surface area (Å²) in [4.78, 5) is 16.8. The standard InChI is InChI=1S/C23H20ClF4N3O3S2/c1-12-22(35-13(2)29-12)36(33,34)31-8-7-16-15(11-31)4-6-18(24)21(16)30-20(32)10-14-3-5-17(19(25)9-14)23(26,27)28/h3-6,9H,7-8,10-11H2,1-2H3,(H,30,32). The van der Waals surface area contributed by atoms with Crippen LogP contribution in [0.1, 0.15) is 33.0 Å². The summed E-state index contributed by atoms with van der Waals surface area (Å²) in [5.41, 5.74) is 0.712. The lowest BCUT2D eigenvalue weighted by Gasteiger charge is -2.29. The van der Waals surface area contributed by atoms with Crippen molar-refractivity contribution in [3.8, 4) is 0 Å². The number of sulfonamides is 1. The molecule has 6 nitrogen and oxygen atoms in total. The molecule has 0 fully saturated rings. The van der Waals surface area contributed by atoms with Crippen molar-refractivity contribution in [2.24, 2.45) is 0 Å². The second-order valence-corrected chi connectivity index (χ2v) is 12.0. The van der Waals surface area contributed by atoms with Crippen LogP contribution in [0.4, 0.5) is 23.2 Å². The zero-order chi connectivity index (χ0) is 26.4. The largest absolute Gasteiger partial charge is 0.419 e. The van der Waals surface area contributed by atoms with Gasteiger partial charge in [0.15, 0.2) is 4.21 Å². The molecule has 0 radical (unpaired) electrons. The van der Waals surface area contributed by atoms with Crippen LogP contribution in [0.25, 0.3) is 0 Å². The fourth-order valence-electron chi connectivity index (χ4n) is 4.08. The SMILES string of the molecule is Cc1nc(C)c(S(=O)(=O)N2CCc3c(ccc(Cl)c3NC(=O)Cc3ccc(C(F)(F)F)c(F)c3)C2)s1. The van der Waals surface area contributed by atoms with E-state index in [-0.39, 0.29) is 40.7 Å². The number of alkyl halides is 3. The number of nitrogens with zero attached hydrogens (tertiary/aromatic N) is 2. The van der Waals surface area contributed by atoms with Crippen LogP contribution >= 0.6 is 22.9 Å². The maximum Gasteiger partial charge on any atom is 0.419 e. The number of carbonyl (C=O) groups excluding carboxylic acids is 1. The van der Waals surface area contributed by atoms with Crippen LogP contribution < -0.4 is 5.32 Å². The number of hydrogen-bond acceptors (Lipinski definition) is 5. The third-order valence-corrected chi connectivity index (χ3v) is 9.54. The molecular weight excluding hydrogens is 542 g/mol. The molecule has 1 amide bonds. The molecule has 1 aliphatic heterocycles. The quantitative estimate of drug-likeness (QED) is 0.417. The highest BCUT2D eigenvalue weighted by Gasteiger charge is 2.34. The molecule has 0 spiro atoms. The Labute approximate surface area is 214 Å². The molecule has 2 aromatic carbocycles. The van der Waals surface area contributed by atoms with Gasteiger partial charge in [0, 0.05) is 13.1 Å². The molecule has 0 bridgehead atoms. The highest BCUT2D eigenvalue weighted by molar-refractivity contribution is 7.91. The second-order valence-electron chi connectivity index (χ2n) is 8.29. The predicted molar refractivity (Wildman–Crippen MR) is 128 cm³/mol. The molecule has 1 N–H and O–H groups in total. The number of fused-ring (bicyclic) bond motifs is 1. The smallest absolute Gasteiger partial charge is 0.324 e. The van der Waals surface area contributed by atoms with Crippen LogP contribution in [-0.2, 0) is 40.4 Å². The summed E-state index contributed by atoms with van der Waals surface area (Å²) in [6.45, 7) is 3.60. The number of thiazole rings is 1. The topological polar surface area (TPSA) is 79.4 Å². The second kappa shape index (κ2) is 9.73. The number of anilines is 1. The van der Waals surface area contributed by atoms with Gasteiger partial charge >= 0.3 is 6.18 Å². The molecule has 3 aromatic rings. The zero-order valence-electron chi connectivity index (χ0n) is 19.0. The summed E-state index contributed by atoms with van der Waals surface area (Å²) in [7, 11) is -3.77. The molecule has 4 rings (SSSR count). The van der Waals surface area contributed by atoms with E-state index in [1.165, 1.54) is 10.4 Å². The Morgan fingerprint density at radius 1 is 1.22 bits per heavy atom. The van der Waals surface area contributed by atoms with Crippen molar-refractivity contribution in [3.63, 3.8) is 0 Å². The first-order valence-corrected chi connectivity index (χ1v) is 13.3. The van der Waals surface area contributed by atoms with Gasteiger partial charge in [-0.3, -0.25) is 4.79 Å². The van der Waals surface area contributed by atoms with Crippen molar-refractivity contribution < 1.29 is 30.8 Å². The van der Waals surface area contributed by atoms with E-state index in [1.807, 2.05) is 0 Å². The molecule has 36 heavy (non-hydrogen) atoms. The Morgan fingerprint density at radius 3 is 2.56 bits per heavy atom. The number of nitrogens with one attached hydrogen (secondary N) is 1. The van der Waals surface area contributed by atoms with Crippen molar-refractivity contribution in [2.75, 3.05) is 11.9 Å². The average molecular weight is 562 g/mol. The molecule has 0 atom stereocenters. The van der Waals surface area contributed by atoms with E-state index in [0.717, 1.165) is 17.4 Å². The lowest BCUT2D eigenvalue weighted by Crippen LogP contribution is -2.36. The third kappa shape index (κ3) is 5.26. The summed E-state index contributed by atoms with van der Waals surface area (Å²) >= 11 is 7.42. The van der Waals surface area contributed by atoms with Crippen LogP contribution in [0.3, 0.4) is 0 Å². The lowest BCUT2D eigenvalue weighted by atomic mass is 9.98. The first kappa shape index (κ1) is 26.5. The Bertz CT molecular complexity index is 1460. The minimum Gasteiger partial charge on any atom is -0.324 e. The number of aryl methyl sites for hydroxylation is 2. The van der Waals surface area contributed by atoms with E-state index in [0.29, 0.717) is 39.6 Å². The Hall–Kier alpha value is -2.54. The van der Waals surface area contributed by atoms with Gasteiger partial charge in [0.1, 0.15) is 5.82 Å². The van der Waals surface area contributed by atoms with E-state index in [1.54, 1.807) is 19.9 Å². The van der Waals surface area contributed by atoms with Crippen molar-refractivity contribution in [3.05, 3.63) is 74.1 Å². The number of halogens is 5. The van der Waals surface area contributed by atoms with E-state index in [9.17, 15) is 30.8 Å².